The number of aryl methyl sites for hydroxylation is 2. The smallest absolute Gasteiger partial charge is 0.223 e. The first-order chi connectivity index (χ1) is 7.69. The Labute approximate surface area is 95.6 Å². The topological polar surface area (TPSA) is 37.8 Å². The first-order valence-electron chi connectivity index (χ1n) is 5.29. The number of aromatic nitrogens is 2. The average Bonchev–Trinajstić information content (AvgIpc) is 2.29. The summed E-state index contributed by atoms with van der Waals surface area (Å²) in [6, 6.07) is 10.3. The molecule has 3 heteroatoms. The molecule has 0 bridgehead atoms. The van der Waals surface area contributed by atoms with Crippen molar-refractivity contribution in [3.63, 3.8) is 0 Å². The largest absolute Gasteiger partial charge is 0.357 e. The van der Waals surface area contributed by atoms with E-state index < -0.39 is 0 Å². The zero-order chi connectivity index (χ0) is 11.5. The summed E-state index contributed by atoms with van der Waals surface area (Å²) in [5.41, 5.74) is 4.29. The third-order valence-corrected chi connectivity index (χ3v) is 2.43. The summed E-state index contributed by atoms with van der Waals surface area (Å²) < 4.78 is 0. The van der Waals surface area contributed by atoms with Crippen LogP contribution in [-0.4, -0.2) is 17.0 Å². The molecule has 1 aromatic heterocycles. The number of benzene rings is 1. The molecule has 1 heterocycles. The SMILES string of the molecule is CNc1nc(C)cc(-c2ccc(C)cc2)n1. The van der Waals surface area contributed by atoms with E-state index in [4.69, 9.17) is 0 Å². The van der Waals surface area contributed by atoms with E-state index in [9.17, 15) is 0 Å². The Morgan fingerprint density at radius 1 is 1.00 bits per heavy atom. The lowest BCUT2D eigenvalue weighted by Gasteiger charge is -2.05. The first-order valence-corrected chi connectivity index (χ1v) is 5.29. The second-order valence-electron chi connectivity index (χ2n) is 3.83. The summed E-state index contributed by atoms with van der Waals surface area (Å²) in [5.74, 6) is 0.663. The third-order valence-electron chi connectivity index (χ3n) is 2.43. The van der Waals surface area contributed by atoms with Gasteiger partial charge in [-0.25, -0.2) is 9.97 Å². The van der Waals surface area contributed by atoms with Crippen molar-refractivity contribution in [3.8, 4) is 11.3 Å². The number of hydrogen-bond donors (Lipinski definition) is 1. The van der Waals surface area contributed by atoms with Gasteiger partial charge in [0.15, 0.2) is 0 Å². The van der Waals surface area contributed by atoms with Crippen molar-refractivity contribution < 1.29 is 0 Å². The second-order valence-corrected chi connectivity index (χ2v) is 3.83. The number of nitrogens with zero attached hydrogens (tertiary/aromatic N) is 2. The van der Waals surface area contributed by atoms with Gasteiger partial charge in [-0.2, -0.15) is 0 Å². The van der Waals surface area contributed by atoms with Gasteiger partial charge in [-0.05, 0) is 19.9 Å². The quantitative estimate of drug-likeness (QED) is 0.833. The van der Waals surface area contributed by atoms with Gasteiger partial charge >= 0.3 is 0 Å². The zero-order valence-electron chi connectivity index (χ0n) is 9.78. The third kappa shape index (κ3) is 2.19. The summed E-state index contributed by atoms with van der Waals surface area (Å²) in [7, 11) is 1.83. The molecular formula is C13H15N3. The van der Waals surface area contributed by atoms with E-state index >= 15 is 0 Å². The molecule has 0 amide bonds. The van der Waals surface area contributed by atoms with Gasteiger partial charge in [0.1, 0.15) is 0 Å². The Bertz CT molecular complexity index is 489. The van der Waals surface area contributed by atoms with Crippen molar-refractivity contribution >= 4 is 5.95 Å². The Morgan fingerprint density at radius 3 is 2.31 bits per heavy atom. The second kappa shape index (κ2) is 4.31. The molecule has 0 spiro atoms. The molecule has 16 heavy (non-hydrogen) atoms. The maximum Gasteiger partial charge on any atom is 0.223 e. The van der Waals surface area contributed by atoms with Crippen LogP contribution in [0.3, 0.4) is 0 Å². The number of anilines is 1. The van der Waals surface area contributed by atoms with Crippen LogP contribution in [0.15, 0.2) is 30.3 Å². The van der Waals surface area contributed by atoms with Crippen molar-refractivity contribution in [2.75, 3.05) is 12.4 Å². The van der Waals surface area contributed by atoms with Crippen LogP contribution in [0.4, 0.5) is 5.95 Å². The van der Waals surface area contributed by atoms with E-state index in [-0.39, 0.29) is 0 Å². The van der Waals surface area contributed by atoms with E-state index in [0.717, 1.165) is 17.0 Å². The standard InChI is InChI=1S/C13H15N3/c1-9-4-6-11(7-5-9)12-8-10(2)15-13(14-3)16-12/h4-8H,1-3H3,(H,14,15,16). The lowest BCUT2D eigenvalue weighted by atomic mass is 10.1. The lowest BCUT2D eigenvalue weighted by molar-refractivity contribution is 1.10. The minimum Gasteiger partial charge on any atom is -0.357 e. The van der Waals surface area contributed by atoms with Gasteiger partial charge in [0.2, 0.25) is 5.95 Å². The molecule has 0 aliphatic rings. The van der Waals surface area contributed by atoms with Crippen molar-refractivity contribution in [3.05, 3.63) is 41.6 Å². The molecular weight excluding hydrogens is 198 g/mol. The minimum absolute atomic E-state index is 0.663. The molecule has 0 aliphatic heterocycles. The molecule has 0 atom stereocenters. The van der Waals surface area contributed by atoms with Gasteiger partial charge in [-0.15, -0.1) is 0 Å². The molecule has 0 fully saturated rings. The molecule has 0 unspecified atom stereocenters. The fourth-order valence-electron chi connectivity index (χ4n) is 1.55. The van der Waals surface area contributed by atoms with Crippen molar-refractivity contribution in [2.24, 2.45) is 0 Å². The van der Waals surface area contributed by atoms with Crippen LogP contribution in [0.25, 0.3) is 11.3 Å². The highest BCUT2D eigenvalue weighted by molar-refractivity contribution is 5.61. The molecule has 2 rings (SSSR count). The Kier molecular flexibility index (Phi) is 2.86. The number of hydrogen-bond acceptors (Lipinski definition) is 3. The summed E-state index contributed by atoms with van der Waals surface area (Å²) >= 11 is 0. The van der Waals surface area contributed by atoms with E-state index in [1.165, 1.54) is 5.56 Å². The predicted molar refractivity (Wildman–Crippen MR) is 66.5 cm³/mol. The lowest BCUT2D eigenvalue weighted by Crippen LogP contribution is -1.99. The molecule has 0 saturated carbocycles. The monoisotopic (exact) mass is 213 g/mol. The van der Waals surface area contributed by atoms with Crippen molar-refractivity contribution in [1.82, 2.24) is 9.97 Å². The fraction of sp³-hybridized carbons (Fsp3) is 0.231. The predicted octanol–water partition coefficient (Wildman–Crippen LogP) is 2.80. The Balaban J connectivity index is 2.47. The van der Waals surface area contributed by atoms with Crippen LogP contribution in [0.2, 0.25) is 0 Å². The Hall–Kier alpha value is -1.90. The first kappa shape index (κ1) is 10.6. The van der Waals surface area contributed by atoms with Crippen LogP contribution in [0.5, 0.6) is 0 Å². The van der Waals surface area contributed by atoms with Crippen LogP contribution >= 0.6 is 0 Å². The van der Waals surface area contributed by atoms with Gasteiger partial charge < -0.3 is 5.32 Å². The molecule has 0 radical (unpaired) electrons. The number of nitrogens with one attached hydrogen (secondary N) is 1. The van der Waals surface area contributed by atoms with Gasteiger partial charge in [0.05, 0.1) is 5.69 Å². The van der Waals surface area contributed by atoms with E-state index in [1.54, 1.807) is 0 Å². The van der Waals surface area contributed by atoms with Crippen molar-refractivity contribution in [2.45, 2.75) is 13.8 Å². The normalized spacial score (nSPS) is 10.2. The van der Waals surface area contributed by atoms with E-state index in [0.29, 0.717) is 5.95 Å². The molecule has 1 N–H and O–H groups in total. The van der Waals surface area contributed by atoms with E-state index in [1.807, 2.05) is 20.0 Å². The van der Waals surface area contributed by atoms with Crippen LogP contribution in [0, 0.1) is 13.8 Å². The van der Waals surface area contributed by atoms with Crippen LogP contribution < -0.4 is 5.32 Å². The molecule has 2 aromatic rings. The molecule has 0 saturated heterocycles. The molecule has 82 valence electrons. The summed E-state index contributed by atoms with van der Waals surface area (Å²) in [6.45, 7) is 4.05. The van der Waals surface area contributed by atoms with Crippen LogP contribution in [-0.2, 0) is 0 Å². The minimum atomic E-state index is 0.663. The van der Waals surface area contributed by atoms with Gasteiger partial charge in [0.25, 0.3) is 0 Å². The zero-order valence-corrected chi connectivity index (χ0v) is 9.78. The highest BCUT2D eigenvalue weighted by Crippen LogP contribution is 2.19. The molecule has 0 aliphatic carbocycles. The van der Waals surface area contributed by atoms with Gasteiger partial charge in [-0.3, -0.25) is 0 Å². The molecule has 3 nitrogen and oxygen atoms in total. The summed E-state index contributed by atoms with van der Waals surface area (Å²) in [5, 5.41) is 2.97. The fourth-order valence-corrected chi connectivity index (χ4v) is 1.55. The van der Waals surface area contributed by atoms with E-state index in [2.05, 4.69) is 46.5 Å². The highest BCUT2D eigenvalue weighted by Gasteiger charge is 2.02. The van der Waals surface area contributed by atoms with Crippen LogP contribution in [0.1, 0.15) is 11.3 Å². The van der Waals surface area contributed by atoms with Crippen molar-refractivity contribution in [1.29, 1.82) is 0 Å². The summed E-state index contributed by atoms with van der Waals surface area (Å²) in [4.78, 5) is 8.70. The maximum absolute atomic E-state index is 4.43. The highest BCUT2D eigenvalue weighted by atomic mass is 15.1. The molecule has 1 aromatic carbocycles. The summed E-state index contributed by atoms with van der Waals surface area (Å²) in [6.07, 6.45) is 0. The average molecular weight is 213 g/mol. The van der Waals surface area contributed by atoms with Gasteiger partial charge in [-0.1, -0.05) is 29.8 Å². The number of rotatable bonds is 2. The van der Waals surface area contributed by atoms with Gasteiger partial charge in [0, 0.05) is 18.3 Å². The maximum atomic E-state index is 4.43. The Morgan fingerprint density at radius 2 is 1.69 bits per heavy atom.